The number of thiophene rings is 1. The number of benzene rings is 2. The molecule has 0 aliphatic rings. The smallest absolute Gasteiger partial charge is 0.322 e. The minimum Gasteiger partial charge on any atom is -0.493 e. The van der Waals surface area contributed by atoms with E-state index in [1.807, 2.05) is 59.7 Å². The van der Waals surface area contributed by atoms with Crippen LogP contribution < -0.4 is 14.8 Å². The molecule has 0 spiro atoms. The van der Waals surface area contributed by atoms with Crippen molar-refractivity contribution in [3.63, 3.8) is 0 Å². The van der Waals surface area contributed by atoms with Gasteiger partial charge in [-0.25, -0.2) is 4.79 Å². The summed E-state index contributed by atoms with van der Waals surface area (Å²) in [6.45, 7) is 5.55. The van der Waals surface area contributed by atoms with Gasteiger partial charge < -0.3 is 24.6 Å². The average molecular weight is 589 g/mol. The first kappa shape index (κ1) is 28.5. The summed E-state index contributed by atoms with van der Waals surface area (Å²) in [6, 6.07) is 15.0. The maximum absolute atomic E-state index is 13.6. The summed E-state index contributed by atoms with van der Waals surface area (Å²) in [5.41, 5.74) is 2.87. The van der Waals surface area contributed by atoms with Gasteiger partial charge >= 0.3 is 6.03 Å². The largest absolute Gasteiger partial charge is 0.493 e. The van der Waals surface area contributed by atoms with Crippen LogP contribution in [0.4, 0.5) is 10.5 Å². The Morgan fingerprint density at radius 1 is 1.00 bits per heavy atom. The Hall–Kier alpha value is -3.04. The van der Waals surface area contributed by atoms with Crippen molar-refractivity contribution in [2.24, 2.45) is 0 Å². The highest BCUT2D eigenvalue weighted by Crippen LogP contribution is 2.28. The second-order valence-electron chi connectivity index (χ2n) is 8.64. The summed E-state index contributed by atoms with van der Waals surface area (Å²) in [7, 11) is 3.22. The second-order valence-corrected chi connectivity index (χ2v) is 10.6. The van der Waals surface area contributed by atoms with Crippen LogP contribution in [0.25, 0.3) is 0 Å². The maximum atomic E-state index is 13.6. The van der Waals surface area contributed by atoms with Crippen molar-refractivity contribution in [3.05, 3.63) is 74.4 Å². The molecule has 1 aromatic heterocycles. The molecule has 0 saturated carbocycles. The van der Waals surface area contributed by atoms with Crippen LogP contribution in [-0.4, -0.2) is 55.6 Å². The van der Waals surface area contributed by atoms with Gasteiger partial charge in [0.05, 0.1) is 20.8 Å². The molecule has 9 heteroatoms. The molecule has 1 N–H and O–H groups in total. The number of amides is 3. The predicted molar refractivity (Wildman–Crippen MR) is 153 cm³/mol. The van der Waals surface area contributed by atoms with E-state index >= 15 is 0 Å². The van der Waals surface area contributed by atoms with Gasteiger partial charge in [0.15, 0.2) is 11.5 Å². The zero-order valence-corrected chi connectivity index (χ0v) is 24.2. The molecule has 1 heterocycles. The Kier molecular flexibility index (Phi) is 10.8. The fourth-order valence-electron chi connectivity index (χ4n) is 3.89. The van der Waals surface area contributed by atoms with Gasteiger partial charge in [0, 0.05) is 28.1 Å². The lowest BCUT2D eigenvalue weighted by atomic mass is 10.1. The lowest BCUT2D eigenvalue weighted by Crippen LogP contribution is -2.45. The summed E-state index contributed by atoms with van der Waals surface area (Å²) in [6.07, 6.45) is 1.39. The molecule has 3 aromatic rings. The number of carbonyl (C=O) groups excluding carboxylic acids is 2. The summed E-state index contributed by atoms with van der Waals surface area (Å²) in [4.78, 5) is 31.2. The average Bonchev–Trinajstić information content (AvgIpc) is 3.29. The molecule has 0 fully saturated rings. The van der Waals surface area contributed by atoms with E-state index in [1.54, 1.807) is 30.5 Å². The standard InChI is InChI=1S/C28H34BrN3O4S/c1-5-13-32(28(34)30-23-8-6-7-22(29)17-23)19-27(33)31(18-26-20(2)12-15-37-26)14-11-21-9-10-24(35-3)25(16-21)36-4/h6-10,12,15-17H,5,11,13-14,18-19H2,1-4H3,(H,30,34). The number of hydrogen-bond donors (Lipinski definition) is 1. The van der Waals surface area contributed by atoms with E-state index in [9.17, 15) is 9.59 Å². The molecule has 0 unspecified atom stereocenters. The molecule has 198 valence electrons. The van der Waals surface area contributed by atoms with Gasteiger partial charge in [-0.2, -0.15) is 0 Å². The zero-order valence-electron chi connectivity index (χ0n) is 21.8. The maximum Gasteiger partial charge on any atom is 0.322 e. The van der Waals surface area contributed by atoms with Gasteiger partial charge in [0.1, 0.15) is 6.54 Å². The highest BCUT2D eigenvalue weighted by atomic mass is 79.9. The van der Waals surface area contributed by atoms with Crippen molar-refractivity contribution in [1.82, 2.24) is 9.80 Å². The molecular weight excluding hydrogens is 554 g/mol. The van der Waals surface area contributed by atoms with Gasteiger partial charge in [0.25, 0.3) is 0 Å². The Balaban J connectivity index is 1.75. The number of carbonyl (C=O) groups is 2. The third-order valence-corrected chi connectivity index (χ3v) is 7.46. The SMILES string of the molecule is CCCN(CC(=O)N(CCc1ccc(OC)c(OC)c1)Cc1sccc1C)C(=O)Nc1cccc(Br)c1. The summed E-state index contributed by atoms with van der Waals surface area (Å²) >= 11 is 5.07. The van der Waals surface area contributed by atoms with Crippen LogP contribution >= 0.6 is 27.3 Å². The van der Waals surface area contributed by atoms with Crippen molar-refractivity contribution in [2.45, 2.75) is 33.2 Å². The fraction of sp³-hybridized carbons (Fsp3) is 0.357. The molecule has 7 nitrogen and oxygen atoms in total. The lowest BCUT2D eigenvalue weighted by molar-refractivity contribution is -0.132. The molecule has 0 bridgehead atoms. The number of anilines is 1. The van der Waals surface area contributed by atoms with Gasteiger partial charge in [-0.3, -0.25) is 4.79 Å². The number of nitrogens with zero attached hydrogens (tertiary/aromatic N) is 2. The Bertz CT molecular complexity index is 1200. The highest BCUT2D eigenvalue weighted by Gasteiger charge is 2.22. The van der Waals surface area contributed by atoms with Crippen molar-refractivity contribution >= 4 is 44.9 Å². The molecule has 0 atom stereocenters. The highest BCUT2D eigenvalue weighted by molar-refractivity contribution is 9.10. The summed E-state index contributed by atoms with van der Waals surface area (Å²) in [5.74, 6) is 1.23. The van der Waals surface area contributed by atoms with Crippen LogP contribution in [0, 0.1) is 6.92 Å². The van der Waals surface area contributed by atoms with Crippen LogP contribution in [0.15, 0.2) is 58.4 Å². The Morgan fingerprint density at radius 2 is 1.78 bits per heavy atom. The minimum atomic E-state index is -0.291. The number of rotatable bonds is 12. The van der Waals surface area contributed by atoms with Crippen LogP contribution in [0.5, 0.6) is 11.5 Å². The Labute approximate surface area is 231 Å². The number of methoxy groups -OCH3 is 2. The van der Waals surface area contributed by atoms with Crippen molar-refractivity contribution in [1.29, 1.82) is 0 Å². The molecule has 0 saturated heterocycles. The van der Waals surface area contributed by atoms with Crippen molar-refractivity contribution in [3.8, 4) is 11.5 Å². The normalized spacial score (nSPS) is 10.6. The van der Waals surface area contributed by atoms with Gasteiger partial charge in [-0.15, -0.1) is 11.3 Å². The number of aryl methyl sites for hydroxylation is 1. The Morgan fingerprint density at radius 3 is 2.43 bits per heavy atom. The molecular formula is C28H34BrN3O4S. The fourth-order valence-corrected chi connectivity index (χ4v) is 5.21. The van der Waals surface area contributed by atoms with Crippen LogP contribution in [-0.2, 0) is 17.8 Å². The summed E-state index contributed by atoms with van der Waals surface area (Å²) in [5, 5.41) is 4.95. The number of urea groups is 1. The quantitative estimate of drug-likeness (QED) is 0.268. The molecule has 2 aromatic carbocycles. The predicted octanol–water partition coefficient (Wildman–Crippen LogP) is 6.35. The third-order valence-electron chi connectivity index (χ3n) is 5.96. The molecule has 0 aliphatic heterocycles. The van der Waals surface area contributed by atoms with Crippen molar-refractivity contribution < 1.29 is 19.1 Å². The van der Waals surface area contributed by atoms with Crippen LogP contribution in [0.3, 0.4) is 0 Å². The van der Waals surface area contributed by atoms with E-state index < -0.39 is 0 Å². The van der Waals surface area contributed by atoms with E-state index in [2.05, 4.69) is 34.2 Å². The van der Waals surface area contributed by atoms with Crippen LogP contribution in [0.2, 0.25) is 0 Å². The van der Waals surface area contributed by atoms with E-state index in [4.69, 9.17) is 9.47 Å². The van der Waals surface area contributed by atoms with E-state index in [0.29, 0.717) is 43.2 Å². The lowest BCUT2D eigenvalue weighted by Gasteiger charge is -2.28. The topological polar surface area (TPSA) is 71.1 Å². The first-order chi connectivity index (χ1) is 17.8. The number of hydrogen-bond acceptors (Lipinski definition) is 5. The monoisotopic (exact) mass is 587 g/mol. The zero-order chi connectivity index (χ0) is 26.8. The first-order valence-electron chi connectivity index (χ1n) is 12.2. The molecule has 0 radical (unpaired) electrons. The molecule has 3 amide bonds. The molecule has 3 rings (SSSR count). The summed E-state index contributed by atoms with van der Waals surface area (Å²) < 4.78 is 11.6. The van der Waals surface area contributed by atoms with Crippen molar-refractivity contribution in [2.75, 3.05) is 39.2 Å². The molecule has 37 heavy (non-hydrogen) atoms. The third kappa shape index (κ3) is 8.23. The van der Waals surface area contributed by atoms with Gasteiger partial charge in [-0.1, -0.05) is 35.0 Å². The first-order valence-corrected chi connectivity index (χ1v) is 13.8. The number of ether oxygens (including phenoxy) is 2. The minimum absolute atomic E-state index is 0.00400. The second kappa shape index (κ2) is 14.0. The number of nitrogens with one attached hydrogen (secondary N) is 1. The van der Waals surface area contributed by atoms with Gasteiger partial charge in [-0.05, 0) is 72.7 Å². The van der Waals surface area contributed by atoms with Gasteiger partial charge in [0.2, 0.25) is 5.91 Å². The van der Waals surface area contributed by atoms with E-state index in [0.717, 1.165) is 26.9 Å². The van der Waals surface area contributed by atoms with E-state index in [-0.39, 0.29) is 18.5 Å². The number of halogens is 1. The van der Waals surface area contributed by atoms with E-state index in [1.165, 1.54) is 0 Å². The van der Waals surface area contributed by atoms with Crippen LogP contribution in [0.1, 0.15) is 29.3 Å². The molecule has 0 aliphatic carbocycles.